The van der Waals surface area contributed by atoms with Gasteiger partial charge in [-0.3, -0.25) is 14.4 Å². The smallest absolute Gasteiger partial charge is 0.309 e. The summed E-state index contributed by atoms with van der Waals surface area (Å²) in [6, 6.07) is 5.98. The van der Waals surface area contributed by atoms with Crippen molar-refractivity contribution >= 4 is 33.4 Å². The van der Waals surface area contributed by atoms with E-state index < -0.39 is 34.3 Å². The molecule has 1 saturated heterocycles. The largest absolute Gasteiger partial charge is 0.345 e. The van der Waals surface area contributed by atoms with Crippen molar-refractivity contribution in [2.45, 2.75) is 56.4 Å². The van der Waals surface area contributed by atoms with Crippen molar-refractivity contribution in [3.05, 3.63) is 24.3 Å². The molecule has 1 saturated carbocycles. The highest BCUT2D eigenvalue weighted by molar-refractivity contribution is 7.89. The lowest BCUT2D eigenvalue weighted by atomic mass is 9.86. The van der Waals surface area contributed by atoms with Gasteiger partial charge in [-0.1, -0.05) is 25.8 Å². The normalized spacial score (nSPS) is 22.0. The lowest BCUT2D eigenvalue weighted by Gasteiger charge is -2.29. The van der Waals surface area contributed by atoms with Crippen LogP contribution in [0.4, 0.5) is 5.69 Å². The van der Waals surface area contributed by atoms with Gasteiger partial charge in [0.05, 0.1) is 11.4 Å². The van der Waals surface area contributed by atoms with Gasteiger partial charge in [0.1, 0.15) is 0 Å². The zero-order valence-electron chi connectivity index (χ0n) is 17.7. The third kappa shape index (κ3) is 6.04. The summed E-state index contributed by atoms with van der Waals surface area (Å²) in [6.07, 6.45) is 5.68. The van der Waals surface area contributed by atoms with Crippen molar-refractivity contribution in [3.8, 4) is 0 Å². The molecule has 1 aromatic rings. The van der Waals surface area contributed by atoms with Gasteiger partial charge in [0.25, 0.3) is 0 Å². The highest BCUT2D eigenvalue weighted by Crippen LogP contribution is 2.24. The lowest BCUT2D eigenvalue weighted by Crippen LogP contribution is -2.48. The fourth-order valence-corrected chi connectivity index (χ4v) is 5.59. The number of benzene rings is 1. The van der Waals surface area contributed by atoms with Crippen LogP contribution in [0.5, 0.6) is 0 Å². The standard InChI is InChI=1S/C21H30N4O5S/c1-15-7-2-3-10-18(15)24-21(28)20(27)22-14-19(26)23-16-8-6-9-17(13-16)31(29,30)25-11-4-5-12-25/h6,8-9,13,15,18H,2-5,7,10-12,14H2,1H3,(H,22,27)(H,23,26)(H,24,28)/t15-,18+/m1/s1. The highest BCUT2D eigenvalue weighted by atomic mass is 32.2. The number of hydrogen-bond acceptors (Lipinski definition) is 5. The Balaban J connectivity index is 1.50. The maximum absolute atomic E-state index is 12.7. The maximum Gasteiger partial charge on any atom is 0.309 e. The molecule has 31 heavy (non-hydrogen) atoms. The highest BCUT2D eigenvalue weighted by Gasteiger charge is 2.28. The second kappa shape index (κ2) is 10.2. The first-order valence-corrected chi connectivity index (χ1v) is 12.2. The van der Waals surface area contributed by atoms with Crippen molar-refractivity contribution in [1.29, 1.82) is 0 Å². The molecule has 3 amide bonds. The molecule has 3 rings (SSSR count). The zero-order valence-corrected chi connectivity index (χ0v) is 18.5. The van der Waals surface area contributed by atoms with Crippen LogP contribution in [0.25, 0.3) is 0 Å². The van der Waals surface area contributed by atoms with E-state index in [4.69, 9.17) is 0 Å². The number of anilines is 1. The number of nitrogens with zero attached hydrogens (tertiary/aromatic N) is 1. The van der Waals surface area contributed by atoms with Crippen LogP contribution in [-0.4, -0.2) is 56.1 Å². The Morgan fingerprint density at radius 3 is 2.45 bits per heavy atom. The zero-order chi connectivity index (χ0) is 22.4. The van der Waals surface area contributed by atoms with Gasteiger partial charge in [-0.25, -0.2) is 8.42 Å². The van der Waals surface area contributed by atoms with Crippen LogP contribution in [0.2, 0.25) is 0 Å². The molecule has 0 unspecified atom stereocenters. The van der Waals surface area contributed by atoms with Gasteiger partial charge in [-0.15, -0.1) is 0 Å². The fourth-order valence-electron chi connectivity index (χ4n) is 4.02. The summed E-state index contributed by atoms with van der Waals surface area (Å²) in [6.45, 7) is 2.64. The van der Waals surface area contributed by atoms with E-state index in [1.165, 1.54) is 16.4 Å². The second-order valence-electron chi connectivity index (χ2n) is 8.21. The van der Waals surface area contributed by atoms with E-state index in [1.54, 1.807) is 12.1 Å². The number of nitrogens with one attached hydrogen (secondary N) is 3. The number of rotatable bonds is 6. The van der Waals surface area contributed by atoms with Crippen molar-refractivity contribution in [1.82, 2.24) is 14.9 Å². The molecule has 3 N–H and O–H groups in total. The molecule has 2 atom stereocenters. The third-order valence-electron chi connectivity index (χ3n) is 5.86. The Kier molecular flexibility index (Phi) is 7.66. The van der Waals surface area contributed by atoms with Crippen molar-refractivity contribution < 1.29 is 22.8 Å². The first-order valence-electron chi connectivity index (χ1n) is 10.8. The molecule has 0 aromatic heterocycles. The predicted octanol–water partition coefficient (Wildman–Crippen LogP) is 1.22. The van der Waals surface area contributed by atoms with E-state index in [0.29, 0.717) is 24.7 Å². The molecule has 0 radical (unpaired) electrons. The summed E-state index contributed by atoms with van der Waals surface area (Å²) in [5.41, 5.74) is 0.306. The van der Waals surface area contributed by atoms with Crippen LogP contribution < -0.4 is 16.0 Å². The Morgan fingerprint density at radius 1 is 1.03 bits per heavy atom. The quantitative estimate of drug-likeness (QED) is 0.562. The topological polar surface area (TPSA) is 125 Å². The molecule has 1 aromatic carbocycles. The Morgan fingerprint density at radius 2 is 1.74 bits per heavy atom. The molecular weight excluding hydrogens is 420 g/mol. The summed E-state index contributed by atoms with van der Waals surface area (Å²) in [5.74, 6) is -1.84. The predicted molar refractivity (Wildman–Crippen MR) is 116 cm³/mol. The maximum atomic E-state index is 12.7. The van der Waals surface area contributed by atoms with Gasteiger partial charge in [0.15, 0.2) is 0 Å². The average Bonchev–Trinajstić information content (AvgIpc) is 3.29. The van der Waals surface area contributed by atoms with Crippen LogP contribution in [0.3, 0.4) is 0 Å². The minimum atomic E-state index is -3.59. The minimum Gasteiger partial charge on any atom is -0.345 e. The first kappa shape index (κ1) is 23.2. The summed E-state index contributed by atoms with van der Waals surface area (Å²) in [5, 5.41) is 7.60. The molecule has 9 nitrogen and oxygen atoms in total. The molecule has 2 aliphatic rings. The monoisotopic (exact) mass is 450 g/mol. The van der Waals surface area contributed by atoms with Crippen LogP contribution in [0.1, 0.15) is 45.4 Å². The molecular formula is C21H30N4O5S. The molecule has 10 heteroatoms. The van der Waals surface area contributed by atoms with Crippen LogP contribution in [0.15, 0.2) is 29.2 Å². The summed E-state index contributed by atoms with van der Waals surface area (Å²) in [7, 11) is -3.59. The SMILES string of the molecule is C[C@@H]1CCCC[C@@H]1NC(=O)C(=O)NCC(=O)Nc1cccc(S(=O)(=O)N2CCCC2)c1. The number of amides is 3. The Bertz CT molecular complexity index is 927. The average molecular weight is 451 g/mol. The van der Waals surface area contributed by atoms with E-state index in [0.717, 1.165) is 38.5 Å². The second-order valence-corrected chi connectivity index (χ2v) is 10.1. The number of hydrogen-bond donors (Lipinski definition) is 3. The third-order valence-corrected chi connectivity index (χ3v) is 7.76. The molecule has 170 valence electrons. The van der Waals surface area contributed by atoms with Crippen LogP contribution >= 0.6 is 0 Å². The van der Waals surface area contributed by atoms with Crippen molar-refractivity contribution in [3.63, 3.8) is 0 Å². The van der Waals surface area contributed by atoms with Gasteiger partial charge >= 0.3 is 11.8 Å². The molecule has 1 aliphatic carbocycles. The van der Waals surface area contributed by atoms with Gasteiger partial charge in [0.2, 0.25) is 15.9 Å². The Hall–Kier alpha value is -2.46. The van der Waals surface area contributed by atoms with Gasteiger partial charge in [-0.2, -0.15) is 4.31 Å². The van der Waals surface area contributed by atoms with E-state index >= 15 is 0 Å². The number of sulfonamides is 1. The van der Waals surface area contributed by atoms with Crippen molar-refractivity contribution in [2.24, 2.45) is 5.92 Å². The van der Waals surface area contributed by atoms with Gasteiger partial charge in [0, 0.05) is 24.8 Å². The van der Waals surface area contributed by atoms with E-state index in [-0.39, 0.29) is 10.9 Å². The van der Waals surface area contributed by atoms with Crippen LogP contribution in [0, 0.1) is 5.92 Å². The lowest BCUT2D eigenvalue weighted by molar-refractivity contribution is -0.140. The molecule has 0 bridgehead atoms. The first-order chi connectivity index (χ1) is 14.8. The number of carbonyl (C=O) groups is 3. The van der Waals surface area contributed by atoms with E-state index in [1.807, 2.05) is 6.92 Å². The number of carbonyl (C=O) groups excluding carboxylic acids is 3. The van der Waals surface area contributed by atoms with Crippen LogP contribution in [-0.2, 0) is 24.4 Å². The Labute approximate surface area is 183 Å². The fraction of sp³-hybridized carbons (Fsp3) is 0.571. The van der Waals surface area contributed by atoms with Gasteiger partial charge < -0.3 is 16.0 Å². The summed E-state index contributed by atoms with van der Waals surface area (Å²) >= 11 is 0. The minimum absolute atomic E-state index is 0.0267. The van der Waals surface area contributed by atoms with E-state index in [9.17, 15) is 22.8 Å². The van der Waals surface area contributed by atoms with Gasteiger partial charge in [-0.05, 0) is 49.8 Å². The summed E-state index contributed by atoms with van der Waals surface area (Å²) < 4.78 is 26.8. The molecule has 1 aliphatic heterocycles. The molecule has 0 spiro atoms. The molecule has 2 fully saturated rings. The molecule has 1 heterocycles. The van der Waals surface area contributed by atoms with Crippen molar-refractivity contribution in [2.75, 3.05) is 25.0 Å². The summed E-state index contributed by atoms with van der Waals surface area (Å²) in [4.78, 5) is 36.4. The van der Waals surface area contributed by atoms with E-state index in [2.05, 4.69) is 16.0 Å².